The lowest BCUT2D eigenvalue weighted by atomic mass is 9.94. The van der Waals surface area contributed by atoms with Crippen molar-refractivity contribution < 1.29 is 4.79 Å². The van der Waals surface area contributed by atoms with Gasteiger partial charge in [0.25, 0.3) is 5.91 Å². The zero-order valence-electron chi connectivity index (χ0n) is 14.8. The Hall–Kier alpha value is -2.11. The molecule has 1 saturated heterocycles. The summed E-state index contributed by atoms with van der Waals surface area (Å²) in [7, 11) is 0. The number of carbonyl (C=O) groups is 1. The minimum atomic E-state index is 0.0292. The van der Waals surface area contributed by atoms with Gasteiger partial charge in [-0.3, -0.25) is 9.69 Å². The number of pyridine rings is 1. The summed E-state index contributed by atoms with van der Waals surface area (Å²) in [5, 5.41) is 1.38. The number of rotatable bonds is 3. The minimum absolute atomic E-state index is 0.0292. The lowest BCUT2D eigenvalue weighted by molar-refractivity contribution is -0.124. The number of halogens is 1. The molecule has 1 saturated carbocycles. The third kappa shape index (κ3) is 4.25. The van der Waals surface area contributed by atoms with Gasteiger partial charge in [-0.15, -0.1) is 0 Å². The van der Waals surface area contributed by atoms with Crippen LogP contribution in [0.15, 0.2) is 58.6 Å². The third-order valence-electron chi connectivity index (χ3n) is 4.78. The molecule has 0 radical (unpaired) electrons. The van der Waals surface area contributed by atoms with Crippen LogP contribution in [0.2, 0.25) is 5.02 Å². The molecule has 0 spiro atoms. The molecular formula is C21H20ClN3OS. The monoisotopic (exact) mass is 397 g/mol. The summed E-state index contributed by atoms with van der Waals surface area (Å²) in [6, 6.07) is 13.4. The molecule has 0 atom stereocenters. The SMILES string of the molecule is O=C1/C(=C/c2cccc(Cl)c2)S/C(=N/c2ccccn2)N1C1CCCCC1. The zero-order valence-corrected chi connectivity index (χ0v) is 16.4. The average Bonchev–Trinajstić information content (AvgIpc) is 2.98. The highest BCUT2D eigenvalue weighted by Gasteiger charge is 2.38. The van der Waals surface area contributed by atoms with E-state index >= 15 is 0 Å². The van der Waals surface area contributed by atoms with Gasteiger partial charge in [0.05, 0.1) is 4.91 Å². The third-order valence-corrected chi connectivity index (χ3v) is 6.00. The van der Waals surface area contributed by atoms with Crippen molar-refractivity contribution in [3.05, 3.63) is 64.2 Å². The van der Waals surface area contributed by atoms with E-state index in [-0.39, 0.29) is 11.9 Å². The number of hydrogen-bond donors (Lipinski definition) is 0. The Labute approximate surface area is 168 Å². The molecule has 1 aromatic carbocycles. The molecular weight excluding hydrogens is 378 g/mol. The summed E-state index contributed by atoms with van der Waals surface area (Å²) < 4.78 is 0. The van der Waals surface area contributed by atoms with E-state index in [1.54, 1.807) is 6.20 Å². The van der Waals surface area contributed by atoms with Gasteiger partial charge in [-0.05, 0) is 60.5 Å². The quantitative estimate of drug-likeness (QED) is 0.626. The molecule has 1 aliphatic carbocycles. The van der Waals surface area contributed by atoms with E-state index in [0.29, 0.717) is 15.7 Å². The average molecular weight is 398 g/mol. The van der Waals surface area contributed by atoms with Crippen molar-refractivity contribution in [1.82, 2.24) is 9.88 Å². The van der Waals surface area contributed by atoms with E-state index in [4.69, 9.17) is 11.6 Å². The van der Waals surface area contributed by atoms with Gasteiger partial charge >= 0.3 is 0 Å². The number of aliphatic imine (C=N–C) groups is 1. The summed E-state index contributed by atoms with van der Waals surface area (Å²) >= 11 is 7.51. The Morgan fingerprint density at radius 1 is 1.15 bits per heavy atom. The van der Waals surface area contributed by atoms with Gasteiger partial charge in [0.2, 0.25) is 0 Å². The molecule has 2 fully saturated rings. The Bertz CT molecular complexity index is 891. The topological polar surface area (TPSA) is 45.6 Å². The van der Waals surface area contributed by atoms with Gasteiger partial charge in [0, 0.05) is 17.3 Å². The predicted octanol–water partition coefficient (Wildman–Crippen LogP) is 5.67. The van der Waals surface area contributed by atoms with Crippen molar-refractivity contribution in [1.29, 1.82) is 0 Å². The molecule has 6 heteroatoms. The van der Waals surface area contributed by atoms with Crippen LogP contribution in [0.3, 0.4) is 0 Å². The summed E-state index contributed by atoms with van der Waals surface area (Å²) in [5.41, 5.74) is 0.918. The van der Waals surface area contributed by atoms with Crippen LogP contribution in [-0.2, 0) is 4.79 Å². The maximum Gasteiger partial charge on any atom is 0.267 e. The van der Waals surface area contributed by atoms with Crippen molar-refractivity contribution >= 4 is 46.3 Å². The number of hydrogen-bond acceptors (Lipinski definition) is 4. The maximum atomic E-state index is 13.2. The highest BCUT2D eigenvalue weighted by atomic mass is 35.5. The van der Waals surface area contributed by atoms with Crippen LogP contribution < -0.4 is 0 Å². The normalized spacial score (nSPS) is 21.4. The first-order valence-corrected chi connectivity index (χ1v) is 10.4. The Balaban J connectivity index is 1.69. The first-order valence-electron chi connectivity index (χ1n) is 9.19. The number of amidine groups is 1. The first kappa shape index (κ1) is 18.3. The molecule has 1 aromatic heterocycles. The summed E-state index contributed by atoms with van der Waals surface area (Å²) in [5.74, 6) is 0.652. The fraction of sp³-hybridized carbons (Fsp3) is 0.286. The highest BCUT2D eigenvalue weighted by Crippen LogP contribution is 2.38. The van der Waals surface area contributed by atoms with Crippen molar-refractivity contribution in [2.75, 3.05) is 0 Å². The van der Waals surface area contributed by atoms with Crippen LogP contribution in [0.25, 0.3) is 6.08 Å². The number of carbonyl (C=O) groups excluding carboxylic acids is 1. The molecule has 2 aliphatic rings. The summed E-state index contributed by atoms with van der Waals surface area (Å²) in [6.07, 6.45) is 9.22. The Kier molecular flexibility index (Phi) is 5.60. The van der Waals surface area contributed by atoms with Crippen LogP contribution in [0, 0.1) is 0 Å². The highest BCUT2D eigenvalue weighted by molar-refractivity contribution is 8.18. The maximum absolute atomic E-state index is 13.2. The van der Waals surface area contributed by atoms with Crippen molar-refractivity contribution in [3.8, 4) is 0 Å². The second-order valence-corrected chi connectivity index (χ2v) is 8.16. The number of aromatic nitrogens is 1. The smallest absolute Gasteiger partial charge is 0.267 e. The van der Waals surface area contributed by atoms with Gasteiger partial charge in [0.1, 0.15) is 0 Å². The lowest BCUT2D eigenvalue weighted by Crippen LogP contribution is -2.40. The van der Waals surface area contributed by atoms with Gasteiger partial charge in [0.15, 0.2) is 11.0 Å². The van der Waals surface area contributed by atoms with Crippen molar-refractivity contribution in [2.45, 2.75) is 38.1 Å². The molecule has 0 bridgehead atoms. The van der Waals surface area contributed by atoms with Crippen LogP contribution in [0.1, 0.15) is 37.7 Å². The van der Waals surface area contributed by atoms with Crippen molar-refractivity contribution in [3.63, 3.8) is 0 Å². The number of nitrogens with zero attached hydrogens (tertiary/aromatic N) is 3. The fourth-order valence-electron chi connectivity index (χ4n) is 3.49. The van der Waals surface area contributed by atoms with Crippen LogP contribution in [0.4, 0.5) is 5.82 Å². The molecule has 0 N–H and O–H groups in total. The van der Waals surface area contributed by atoms with Gasteiger partial charge < -0.3 is 0 Å². The van der Waals surface area contributed by atoms with Crippen LogP contribution in [-0.4, -0.2) is 27.0 Å². The van der Waals surface area contributed by atoms with E-state index in [1.165, 1.54) is 18.2 Å². The van der Waals surface area contributed by atoms with Crippen molar-refractivity contribution in [2.24, 2.45) is 4.99 Å². The van der Waals surface area contributed by atoms with E-state index < -0.39 is 0 Å². The fourth-order valence-corrected chi connectivity index (χ4v) is 4.74. The standard InChI is InChI=1S/C21H20ClN3OS/c22-16-8-6-7-15(13-16)14-18-20(26)25(17-9-2-1-3-10-17)21(27-18)24-19-11-4-5-12-23-19/h4-8,11-14,17H,1-3,9-10H2/b18-14-,24-21+. The Morgan fingerprint density at radius 2 is 2.00 bits per heavy atom. The second kappa shape index (κ2) is 8.28. The molecule has 1 amide bonds. The van der Waals surface area contributed by atoms with Crippen LogP contribution >= 0.6 is 23.4 Å². The van der Waals surface area contributed by atoms with Crippen LogP contribution in [0.5, 0.6) is 0 Å². The second-order valence-electron chi connectivity index (χ2n) is 6.71. The summed E-state index contributed by atoms with van der Waals surface area (Å²) in [6.45, 7) is 0. The van der Waals surface area contributed by atoms with E-state index in [9.17, 15) is 4.79 Å². The molecule has 1 aliphatic heterocycles. The predicted molar refractivity (Wildman–Crippen MR) is 112 cm³/mol. The Morgan fingerprint density at radius 3 is 2.74 bits per heavy atom. The van der Waals surface area contributed by atoms with Gasteiger partial charge in [-0.1, -0.05) is 49.1 Å². The molecule has 4 nitrogen and oxygen atoms in total. The number of amides is 1. The van der Waals surface area contributed by atoms with E-state index in [1.807, 2.05) is 53.4 Å². The van der Waals surface area contributed by atoms with E-state index in [2.05, 4.69) is 9.98 Å². The molecule has 138 valence electrons. The zero-order chi connectivity index (χ0) is 18.6. The van der Waals surface area contributed by atoms with Gasteiger partial charge in [-0.25, -0.2) is 9.98 Å². The number of benzene rings is 1. The lowest BCUT2D eigenvalue weighted by Gasteiger charge is -2.30. The summed E-state index contributed by atoms with van der Waals surface area (Å²) in [4.78, 5) is 24.7. The largest absolute Gasteiger partial charge is 0.283 e. The van der Waals surface area contributed by atoms with E-state index in [0.717, 1.165) is 36.4 Å². The minimum Gasteiger partial charge on any atom is -0.283 e. The molecule has 2 aromatic rings. The molecule has 2 heterocycles. The molecule has 0 unspecified atom stereocenters. The molecule has 4 rings (SSSR count). The number of thioether (sulfide) groups is 1. The first-order chi connectivity index (χ1) is 13.2. The van der Waals surface area contributed by atoms with Gasteiger partial charge in [-0.2, -0.15) is 0 Å². The molecule has 27 heavy (non-hydrogen) atoms.